The van der Waals surface area contributed by atoms with Gasteiger partial charge < -0.3 is 10.6 Å². The molecular formula is C17H26IN5. The van der Waals surface area contributed by atoms with E-state index in [0.717, 1.165) is 31.2 Å². The third-order valence-corrected chi connectivity index (χ3v) is 3.49. The van der Waals surface area contributed by atoms with E-state index in [4.69, 9.17) is 0 Å². The first kappa shape index (κ1) is 19.5. The van der Waals surface area contributed by atoms with Gasteiger partial charge in [-0.1, -0.05) is 29.8 Å². The molecule has 1 aromatic heterocycles. The van der Waals surface area contributed by atoms with Gasteiger partial charge in [0, 0.05) is 26.3 Å². The number of aryl methyl sites for hydroxylation is 2. The van der Waals surface area contributed by atoms with E-state index in [1.165, 1.54) is 11.1 Å². The summed E-state index contributed by atoms with van der Waals surface area (Å²) in [6.07, 6.45) is 2.78. The number of halogens is 1. The van der Waals surface area contributed by atoms with E-state index in [1.54, 1.807) is 6.20 Å². The van der Waals surface area contributed by atoms with Gasteiger partial charge in [0.05, 0.1) is 12.2 Å². The molecule has 0 aliphatic rings. The van der Waals surface area contributed by atoms with E-state index in [-0.39, 0.29) is 24.0 Å². The van der Waals surface area contributed by atoms with Gasteiger partial charge in [-0.15, -0.1) is 24.0 Å². The monoisotopic (exact) mass is 427 g/mol. The first-order chi connectivity index (χ1) is 10.7. The van der Waals surface area contributed by atoms with Crippen LogP contribution in [0.5, 0.6) is 0 Å². The largest absolute Gasteiger partial charge is 0.357 e. The van der Waals surface area contributed by atoms with Crippen LogP contribution < -0.4 is 10.6 Å². The van der Waals surface area contributed by atoms with Gasteiger partial charge in [0.2, 0.25) is 0 Å². The van der Waals surface area contributed by atoms with Crippen molar-refractivity contribution in [3.8, 4) is 0 Å². The van der Waals surface area contributed by atoms with Crippen molar-refractivity contribution in [2.45, 2.75) is 26.8 Å². The Balaban J connectivity index is 0.00000264. The van der Waals surface area contributed by atoms with Crippen LogP contribution in [-0.2, 0) is 20.0 Å². The predicted molar refractivity (Wildman–Crippen MR) is 106 cm³/mol. The number of aromatic nitrogens is 2. The molecule has 2 rings (SSSR count). The molecule has 2 N–H and O–H groups in total. The van der Waals surface area contributed by atoms with Crippen molar-refractivity contribution in [3.63, 3.8) is 0 Å². The highest BCUT2D eigenvalue weighted by molar-refractivity contribution is 14.0. The van der Waals surface area contributed by atoms with Crippen molar-refractivity contribution < 1.29 is 0 Å². The van der Waals surface area contributed by atoms with E-state index in [1.807, 2.05) is 17.8 Å². The molecule has 0 amide bonds. The molecule has 23 heavy (non-hydrogen) atoms. The molecule has 5 nitrogen and oxygen atoms in total. The number of nitrogens with zero attached hydrogens (tertiary/aromatic N) is 3. The lowest BCUT2D eigenvalue weighted by molar-refractivity contribution is 0.707. The molecule has 2 aromatic rings. The fraction of sp³-hybridized carbons (Fsp3) is 0.412. The van der Waals surface area contributed by atoms with Crippen LogP contribution in [0.25, 0.3) is 0 Å². The smallest absolute Gasteiger partial charge is 0.191 e. The Morgan fingerprint density at radius 2 is 1.91 bits per heavy atom. The van der Waals surface area contributed by atoms with Gasteiger partial charge >= 0.3 is 0 Å². The van der Waals surface area contributed by atoms with Crippen molar-refractivity contribution in [2.75, 3.05) is 13.1 Å². The number of hydrogen-bond donors (Lipinski definition) is 2. The standard InChI is InChI=1S/C17H25N5.HI/c1-4-18-17(20-13-16-10-12-21-22(16)3)19-11-9-15-7-5-14(2)6-8-15;/h5-8,10,12H,4,9,11,13H2,1-3H3,(H2,18,19,20);1H. The van der Waals surface area contributed by atoms with Gasteiger partial charge in [0.1, 0.15) is 0 Å². The second kappa shape index (κ2) is 10.3. The summed E-state index contributed by atoms with van der Waals surface area (Å²) in [5, 5.41) is 10.8. The zero-order chi connectivity index (χ0) is 15.8. The Hall–Kier alpha value is -1.57. The summed E-state index contributed by atoms with van der Waals surface area (Å²) in [5.74, 6) is 0.843. The molecule has 0 atom stereocenters. The summed E-state index contributed by atoms with van der Waals surface area (Å²) in [5.41, 5.74) is 3.72. The SMILES string of the molecule is CCNC(=NCc1ccnn1C)NCCc1ccc(C)cc1.I. The number of nitrogens with one attached hydrogen (secondary N) is 2. The number of hydrogen-bond acceptors (Lipinski definition) is 2. The van der Waals surface area contributed by atoms with Crippen LogP contribution >= 0.6 is 24.0 Å². The summed E-state index contributed by atoms with van der Waals surface area (Å²) in [7, 11) is 1.93. The highest BCUT2D eigenvalue weighted by Gasteiger charge is 2.00. The zero-order valence-electron chi connectivity index (χ0n) is 14.0. The van der Waals surface area contributed by atoms with Crippen LogP contribution in [0.3, 0.4) is 0 Å². The van der Waals surface area contributed by atoms with Crippen LogP contribution in [0.1, 0.15) is 23.7 Å². The first-order valence-corrected chi connectivity index (χ1v) is 7.73. The molecular weight excluding hydrogens is 401 g/mol. The second-order valence-electron chi connectivity index (χ2n) is 5.30. The average molecular weight is 427 g/mol. The summed E-state index contributed by atoms with van der Waals surface area (Å²) in [4.78, 5) is 4.60. The number of guanidine groups is 1. The van der Waals surface area contributed by atoms with Crippen LogP contribution in [0.15, 0.2) is 41.5 Å². The second-order valence-corrected chi connectivity index (χ2v) is 5.30. The van der Waals surface area contributed by atoms with Gasteiger partial charge in [0.25, 0.3) is 0 Å². The lowest BCUT2D eigenvalue weighted by atomic mass is 10.1. The van der Waals surface area contributed by atoms with Crippen molar-refractivity contribution in [2.24, 2.45) is 12.0 Å². The van der Waals surface area contributed by atoms with Crippen molar-refractivity contribution in [3.05, 3.63) is 53.3 Å². The lowest BCUT2D eigenvalue weighted by Gasteiger charge is -2.11. The minimum absolute atomic E-state index is 0. The summed E-state index contributed by atoms with van der Waals surface area (Å²) in [6, 6.07) is 10.6. The summed E-state index contributed by atoms with van der Waals surface area (Å²) >= 11 is 0. The van der Waals surface area contributed by atoms with Gasteiger partial charge in [-0.3, -0.25) is 4.68 Å². The molecule has 0 fully saturated rings. The van der Waals surface area contributed by atoms with E-state index in [2.05, 4.69) is 58.8 Å². The number of aliphatic imine (C=N–C) groups is 1. The third kappa shape index (κ3) is 6.60. The maximum Gasteiger partial charge on any atom is 0.191 e. The minimum atomic E-state index is 0. The first-order valence-electron chi connectivity index (χ1n) is 7.73. The predicted octanol–water partition coefficient (Wildman–Crippen LogP) is 2.64. The van der Waals surface area contributed by atoms with E-state index < -0.39 is 0 Å². The maximum atomic E-state index is 4.60. The van der Waals surface area contributed by atoms with E-state index in [9.17, 15) is 0 Å². The quantitative estimate of drug-likeness (QED) is 0.424. The fourth-order valence-corrected chi connectivity index (χ4v) is 2.14. The van der Waals surface area contributed by atoms with E-state index >= 15 is 0 Å². The van der Waals surface area contributed by atoms with Crippen molar-refractivity contribution in [1.29, 1.82) is 0 Å². The molecule has 0 spiro atoms. The van der Waals surface area contributed by atoms with Gasteiger partial charge in [-0.25, -0.2) is 4.99 Å². The molecule has 0 unspecified atom stereocenters. The molecule has 0 saturated carbocycles. The fourth-order valence-electron chi connectivity index (χ4n) is 2.14. The topological polar surface area (TPSA) is 54.2 Å². The normalized spacial score (nSPS) is 11.0. The van der Waals surface area contributed by atoms with E-state index in [0.29, 0.717) is 6.54 Å². The number of rotatable bonds is 6. The molecule has 0 aliphatic heterocycles. The Labute approximate surface area is 155 Å². The van der Waals surface area contributed by atoms with Crippen LogP contribution in [0.2, 0.25) is 0 Å². The highest BCUT2D eigenvalue weighted by Crippen LogP contribution is 2.03. The van der Waals surface area contributed by atoms with Crippen LogP contribution in [-0.4, -0.2) is 28.8 Å². The summed E-state index contributed by atoms with van der Waals surface area (Å²) in [6.45, 7) is 6.51. The molecule has 0 aliphatic carbocycles. The lowest BCUT2D eigenvalue weighted by Crippen LogP contribution is -2.38. The maximum absolute atomic E-state index is 4.60. The highest BCUT2D eigenvalue weighted by atomic mass is 127. The van der Waals surface area contributed by atoms with Crippen molar-refractivity contribution in [1.82, 2.24) is 20.4 Å². The Morgan fingerprint density at radius 3 is 2.52 bits per heavy atom. The van der Waals surface area contributed by atoms with Crippen LogP contribution in [0.4, 0.5) is 0 Å². The minimum Gasteiger partial charge on any atom is -0.357 e. The average Bonchev–Trinajstić information content (AvgIpc) is 2.92. The Kier molecular flexibility index (Phi) is 8.68. The molecule has 1 heterocycles. The third-order valence-electron chi connectivity index (χ3n) is 3.49. The van der Waals surface area contributed by atoms with Crippen molar-refractivity contribution >= 4 is 29.9 Å². The molecule has 0 bridgehead atoms. The molecule has 6 heteroatoms. The molecule has 0 saturated heterocycles. The van der Waals surface area contributed by atoms with Gasteiger partial charge in [0.15, 0.2) is 5.96 Å². The Bertz CT molecular complexity index is 604. The van der Waals surface area contributed by atoms with Crippen LogP contribution in [0, 0.1) is 6.92 Å². The summed E-state index contributed by atoms with van der Waals surface area (Å²) < 4.78 is 1.85. The Morgan fingerprint density at radius 1 is 1.17 bits per heavy atom. The molecule has 0 radical (unpaired) electrons. The van der Waals surface area contributed by atoms with Gasteiger partial charge in [-0.05, 0) is 31.9 Å². The number of benzene rings is 1. The zero-order valence-corrected chi connectivity index (χ0v) is 16.4. The molecule has 126 valence electrons. The van der Waals surface area contributed by atoms with Gasteiger partial charge in [-0.2, -0.15) is 5.10 Å². The molecule has 1 aromatic carbocycles.